The molecular formula is C26H46O3. The van der Waals surface area contributed by atoms with Crippen molar-refractivity contribution in [1.82, 2.24) is 0 Å². The lowest BCUT2D eigenvalue weighted by Crippen LogP contribution is -2.60. The molecule has 0 amide bonds. The molecule has 3 aliphatic carbocycles. The summed E-state index contributed by atoms with van der Waals surface area (Å²) in [5, 5.41) is 0. The molecule has 2 spiro atoms. The van der Waals surface area contributed by atoms with Crippen LogP contribution in [-0.2, 0) is 14.3 Å². The molecule has 0 bridgehead atoms. The van der Waals surface area contributed by atoms with E-state index in [2.05, 4.69) is 13.8 Å². The second-order valence-corrected chi connectivity index (χ2v) is 10.3. The number of hydrogen-bond acceptors (Lipinski definition) is 3. The fourth-order valence-corrected chi connectivity index (χ4v) is 6.25. The van der Waals surface area contributed by atoms with E-state index >= 15 is 0 Å². The predicted octanol–water partition coefficient (Wildman–Crippen LogP) is 7.01. The average molecular weight is 407 g/mol. The van der Waals surface area contributed by atoms with Gasteiger partial charge in [0.25, 0.3) is 0 Å². The first kappa shape index (κ1) is 23.3. The lowest BCUT2D eigenvalue weighted by atomic mass is 9.44. The fraction of sp³-hybridized carbons (Fsp3) is 0.962. The van der Waals surface area contributed by atoms with Gasteiger partial charge in [0, 0.05) is 24.0 Å². The summed E-state index contributed by atoms with van der Waals surface area (Å²) in [7, 11) is 0. The van der Waals surface area contributed by atoms with Crippen molar-refractivity contribution in [1.29, 1.82) is 0 Å². The zero-order chi connectivity index (χ0) is 20.6. The summed E-state index contributed by atoms with van der Waals surface area (Å²) in [6.45, 7) is 6.32. The van der Waals surface area contributed by atoms with Crippen LogP contribution in [0.2, 0.25) is 0 Å². The molecule has 3 saturated carbocycles. The third kappa shape index (κ3) is 5.85. The van der Waals surface area contributed by atoms with Gasteiger partial charge in [0.05, 0.1) is 12.2 Å². The summed E-state index contributed by atoms with van der Waals surface area (Å²) >= 11 is 0. The summed E-state index contributed by atoms with van der Waals surface area (Å²) in [6, 6.07) is 0. The number of Topliss-reactive ketones (excluding diaryl/α,β-unsaturated/α-hetero) is 1. The van der Waals surface area contributed by atoms with Crippen molar-refractivity contribution in [2.24, 2.45) is 10.8 Å². The van der Waals surface area contributed by atoms with Crippen LogP contribution in [0.4, 0.5) is 0 Å². The molecule has 0 atom stereocenters. The Morgan fingerprint density at radius 2 is 1.10 bits per heavy atom. The summed E-state index contributed by atoms with van der Waals surface area (Å²) < 4.78 is 12.2. The Balaban J connectivity index is 1.32. The Hall–Kier alpha value is -0.410. The van der Waals surface area contributed by atoms with Gasteiger partial charge >= 0.3 is 0 Å². The highest BCUT2D eigenvalue weighted by Gasteiger charge is 2.63. The molecular weight excluding hydrogens is 360 g/mol. The van der Waals surface area contributed by atoms with Gasteiger partial charge in [-0.05, 0) is 70.6 Å². The van der Waals surface area contributed by atoms with Gasteiger partial charge in [0.1, 0.15) is 5.78 Å². The van der Waals surface area contributed by atoms with Crippen molar-refractivity contribution in [2.75, 3.05) is 13.2 Å². The molecule has 0 heterocycles. The maximum Gasteiger partial charge on any atom is 0.145 e. The van der Waals surface area contributed by atoms with Gasteiger partial charge in [-0.3, -0.25) is 4.79 Å². The van der Waals surface area contributed by atoms with Crippen molar-refractivity contribution in [3.8, 4) is 0 Å². The molecule has 0 aliphatic heterocycles. The number of carbonyl (C=O) groups excluding carboxylic acids is 1. The molecule has 3 heteroatoms. The van der Waals surface area contributed by atoms with Crippen LogP contribution in [0.1, 0.15) is 123 Å². The van der Waals surface area contributed by atoms with Gasteiger partial charge in [0.15, 0.2) is 0 Å². The topological polar surface area (TPSA) is 35.5 Å². The molecule has 3 rings (SSSR count). The van der Waals surface area contributed by atoms with E-state index in [0.717, 1.165) is 71.0 Å². The summed E-state index contributed by atoms with van der Waals surface area (Å²) in [5.74, 6) is 0.618. The minimum absolute atomic E-state index is 0.0237. The molecule has 0 saturated heterocycles. The number of rotatable bonds is 12. The van der Waals surface area contributed by atoms with Gasteiger partial charge in [-0.1, -0.05) is 52.4 Å². The number of ether oxygens (including phenoxy) is 2. The van der Waals surface area contributed by atoms with Gasteiger partial charge in [-0.15, -0.1) is 0 Å². The highest BCUT2D eigenvalue weighted by Crippen LogP contribution is 2.63. The van der Waals surface area contributed by atoms with E-state index in [1.54, 1.807) is 0 Å². The Morgan fingerprint density at radius 1 is 0.690 bits per heavy atom. The minimum Gasteiger partial charge on any atom is -0.378 e. The lowest BCUT2D eigenvalue weighted by molar-refractivity contribution is -0.173. The molecule has 0 N–H and O–H groups in total. The van der Waals surface area contributed by atoms with Gasteiger partial charge in [-0.2, -0.15) is 0 Å². The maximum absolute atomic E-state index is 13.3. The summed E-state index contributed by atoms with van der Waals surface area (Å²) in [5.41, 5.74) is 0.0475. The Morgan fingerprint density at radius 3 is 1.45 bits per heavy atom. The van der Waals surface area contributed by atoms with Crippen LogP contribution in [-0.4, -0.2) is 31.2 Å². The van der Waals surface area contributed by atoms with E-state index in [9.17, 15) is 4.79 Å². The molecule has 3 fully saturated rings. The second kappa shape index (κ2) is 11.3. The van der Waals surface area contributed by atoms with Crippen LogP contribution in [0.15, 0.2) is 0 Å². The lowest BCUT2D eigenvalue weighted by Gasteiger charge is -2.59. The number of ketones is 1. The van der Waals surface area contributed by atoms with Crippen molar-refractivity contribution in [3.63, 3.8) is 0 Å². The van der Waals surface area contributed by atoms with Crippen molar-refractivity contribution in [2.45, 2.75) is 135 Å². The molecule has 0 aromatic rings. The smallest absolute Gasteiger partial charge is 0.145 e. The third-order valence-corrected chi connectivity index (χ3v) is 8.12. The maximum atomic E-state index is 13.3. The predicted molar refractivity (Wildman–Crippen MR) is 119 cm³/mol. The molecule has 0 aromatic heterocycles. The van der Waals surface area contributed by atoms with Crippen molar-refractivity contribution in [3.05, 3.63) is 0 Å². The first-order valence-electron chi connectivity index (χ1n) is 12.9. The Kier molecular flexibility index (Phi) is 9.04. The largest absolute Gasteiger partial charge is 0.378 e. The van der Waals surface area contributed by atoms with Crippen molar-refractivity contribution < 1.29 is 14.3 Å². The molecule has 3 aliphatic rings. The second-order valence-electron chi connectivity index (χ2n) is 10.3. The summed E-state index contributed by atoms with van der Waals surface area (Å²) in [6.07, 6.45) is 20.8. The van der Waals surface area contributed by atoms with E-state index in [0.29, 0.717) is 18.0 Å². The first-order valence-corrected chi connectivity index (χ1v) is 12.9. The minimum atomic E-state index is 0.0237. The van der Waals surface area contributed by atoms with Crippen LogP contribution in [0.5, 0.6) is 0 Å². The van der Waals surface area contributed by atoms with E-state index < -0.39 is 0 Å². The number of carbonyl (C=O) groups is 1. The molecule has 0 unspecified atom stereocenters. The highest BCUT2D eigenvalue weighted by molar-refractivity contribution is 5.96. The third-order valence-electron chi connectivity index (χ3n) is 8.12. The van der Waals surface area contributed by atoms with E-state index in [4.69, 9.17) is 9.47 Å². The van der Waals surface area contributed by atoms with E-state index in [1.807, 2.05) is 0 Å². The van der Waals surface area contributed by atoms with Crippen LogP contribution < -0.4 is 0 Å². The number of unbranched alkanes of at least 4 members (excludes halogenated alkanes) is 6. The standard InChI is InChI=1S/C26H46O3/c1-3-5-7-9-19-28-22-11-15-25(16-12-22)21-26(24(25)27)17-13-23(14-18-26)29-20-10-8-6-4-2/h22-23H,3-21H2,1-2H3/t22?,23?,25-,26-. The zero-order valence-corrected chi connectivity index (χ0v) is 19.3. The van der Waals surface area contributed by atoms with Gasteiger partial charge < -0.3 is 9.47 Å². The van der Waals surface area contributed by atoms with Crippen LogP contribution in [0, 0.1) is 10.8 Å². The highest BCUT2D eigenvalue weighted by atomic mass is 16.5. The van der Waals surface area contributed by atoms with Gasteiger partial charge in [-0.25, -0.2) is 0 Å². The van der Waals surface area contributed by atoms with Crippen LogP contribution >= 0.6 is 0 Å². The monoisotopic (exact) mass is 406 g/mol. The Labute approximate surface area is 179 Å². The van der Waals surface area contributed by atoms with E-state index in [1.165, 1.54) is 51.4 Å². The van der Waals surface area contributed by atoms with Crippen LogP contribution in [0.3, 0.4) is 0 Å². The van der Waals surface area contributed by atoms with E-state index in [-0.39, 0.29) is 10.8 Å². The first-order chi connectivity index (χ1) is 14.1. The molecule has 168 valence electrons. The molecule has 29 heavy (non-hydrogen) atoms. The molecule has 0 aromatic carbocycles. The quantitative estimate of drug-likeness (QED) is 0.327. The fourth-order valence-electron chi connectivity index (χ4n) is 6.25. The van der Waals surface area contributed by atoms with Crippen LogP contribution in [0.25, 0.3) is 0 Å². The zero-order valence-electron chi connectivity index (χ0n) is 19.3. The normalized spacial score (nSPS) is 34.6. The van der Waals surface area contributed by atoms with Crippen molar-refractivity contribution >= 4 is 5.78 Å². The Bertz CT molecular complexity index is 442. The molecule has 3 nitrogen and oxygen atoms in total. The summed E-state index contributed by atoms with van der Waals surface area (Å²) in [4.78, 5) is 13.3. The SMILES string of the molecule is CCCCCCOC1CC[C@]2(CC1)C[C@@]1(CCC(OCCCCCC)CC1)C2=O. The molecule has 0 radical (unpaired) electrons. The average Bonchev–Trinajstić information content (AvgIpc) is 2.75. The number of hydrogen-bond donors (Lipinski definition) is 0. The van der Waals surface area contributed by atoms with Gasteiger partial charge in [0.2, 0.25) is 0 Å².